The van der Waals surface area contributed by atoms with Gasteiger partial charge in [0.2, 0.25) is 0 Å². The number of aliphatic hydroxyl groups excluding tert-OH is 6. The Hall–Kier alpha value is -0.970. The first-order chi connectivity index (χ1) is 15.6. The van der Waals surface area contributed by atoms with Crippen molar-refractivity contribution in [2.24, 2.45) is 0 Å². The molecule has 2 unspecified atom stereocenters. The first-order valence-corrected chi connectivity index (χ1v) is 11.1. The Balaban J connectivity index is 1.68. The van der Waals surface area contributed by atoms with Gasteiger partial charge in [0.25, 0.3) is 0 Å². The van der Waals surface area contributed by atoms with E-state index in [1.54, 1.807) is 0 Å². The summed E-state index contributed by atoms with van der Waals surface area (Å²) in [5, 5.41) is 69.4. The lowest BCUT2D eigenvalue weighted by Gasteiger charge is -2.45. The van der Waals surface area contributed by atoms with E-state index in [9.17, 15) is 35.4 Å². The van der Waals surface area contributed by atoms with Crippen molar-refractivity contribution in [2.75, 3.05) is 13.2 Å². The minimum absolute atomic E-state index is 0.494. The lowest BCUT2D eigenvalue weighted by atomic mass is 9.93. The summed E-state index contributed by atoms with van der Waals surface area (Å²) in [5.74, 6) is -1.30. The van der Waals surface area contributed by atoms with E-state index in [0.29, 0.717) is 12.8 Å². The monoisotopic (exact) mass is 482 g/mol. The zero-order valence-corrected chi connectivity index (χ0v) is 18.3. The molecule has 1 saturated carbocycles. The van der Waals surface area contributed by atoms with Crippen LogP contribution in [0.5, 0.6) is 0 Å². The van der Waals surface area contributed by atoms with Crippen LogP contribution < -0.4 is 0 Å². The number of ether oxygens (including phenoxy) is 5. The Morgan fingerprint density at radius 3 is 1.97 bits per heavy atom. The molecule has 2 saturated heterocycles. The highest BCUT2D eigenvalue weighted by molar-refractivity contribution is 5.68. The molecule has 0 aromatic heterocycles. The molecule has 13 heteroatoms. The summed E-state index contributed by atoms with van der Waals surface area (Å²) in [5.41, 5.74) is 0. The van der Waals surface area contributed by atoms with E-state index in [-0.39, 0.29) is 0 Å². The van der Waals surface area contributed by atoms with Gasteiger partial charge in [-0.05, 0) is 19.8 Å². The van der Waals surface area contributed by atoms with Gasteiger partial charge in [-0.3, -0.25) is 0 Å². The molecule has 0 aromatic carbocycles. The highest BCUT2D eigenvalue weighted by Gasteiger charge is 2.48. The van der Waals surface area contributed by atoms with Crippen molar-refractivity contribution in [3.8, 4) is 0 Å². The summed E-state index contributed by atoms with van der Waals surface area (Å²) in [7, 11) is 0. The predicted octanol–water partition coefficient (Wildman–Crippen LogP) is -2.93. The number of carboxylic acids is 1. The van der Waals surface area contributed by atoms with Crippen LogP contribution in [-0.4, -0.2) is 129 Å². The van der Waals surface area contributed by atoms with Gasteiger partial charge in [-0.25, -0.2) is 4.79 Å². The molecule has 13 nitrogen and oxygen atoms in total. The Labute approximate surface area is 190 Å². The van der Waals surface area contributed by atoms with Crippen molar-refractivity contribution >= 4 is 5.97 Å². The van der Waals surface area contributed by atoms with Crippen LogP contribution in [0.15, 0.2) is 0 Å². The normalized spacial score (nSPS) is 46.8. The van der Waals surface area contributed by atoms with Crippen molar-refractivity contribution in [3.63, 3.8) is 0 Å². The fourth-order valence-corrected chi connectivity index (χ4v) is 4.37. The van der Waals surface area contributed by atoms with Crippen LogP contribution in [-0.2, 0) is 28.5 Å². The summed E-state index contributed by atoms with van der Waals surface area (Å²) in [6.45, 7) is 0.141. The van der Waals surface area contributed by atoms with Crippen LogP contribution in [0.1, 0.15) is 32.6 Å². The minimum atomic E-state index is -1.56. The van der Waals surface area contributed by atoms with E-state index in [2.05, 4.69) is 0 Å². The van der Waals surface area contributed by atoms with E-state index >= 15 is 0 Å². The first kappa shape index (κ1) is 26.6. The maximum atomic E-state index is 10.8. The highest BCUT2D eigenvalue weighted by Crippen LogP contribution is 2.32. The van der Waals surface area contributed by atoms with Crippen LogP contribution in [0.25, 0.3) is 0 Å². The number of carbonyl (C=O) groups is 1. The average molecular weight is 482 g/mol. The standard InChI is InChI=1S/C20H34O13/c1-8-13(24)15(26)16(27)19(30-8)31-9-4-2-3-5-10(9)32-20-17(28)18(29-7-12(22)23)14(25)11(6-21)33-20/h8-11,13-21,24-28H,2-7H2,1H3,(H,22,23)/t8-,9?,10?,11-,13+,14-,15-,16-,17-,18-,19-,20+/m0/s1. The van der Waals surface area contributed by atoms with Gasteiger partial charge in [-0.1, -0.05) is 12.8 Å². The SMILES string of the molecule is C[C@@H]1O[C@@H](OC2CCCCC2O[C@@H]2O[C@@H](CO)[C@H](O)[C@H](OCC(=O)O)[C@@H]2O)[C@@H](O)[C@@H](O)[C@@H]1O. The van der Waals surface area contributed by atoms with Gasteiger partial charge < -0.3 is 59.4 Å². The third kappa shape index (κ3) is 6.18. The number of aliphatic carboxylic acids is 1. The average Bonchev–Trinajstić information content (AvgIpc) is 2.78. The molecule has 2 aliphatic heterocycles. The molecular weight excluding hydrogens is 448 g/mol. The molecule has 7 N–H and O–H groups in total. The van der Waals surface area contributed by atoms with Gasteiger partial charge in [-0.15, -0.1) is 0 Å². The molecule has 0 radical (unpaired) electrons. The van der Waals surface area contributed by atoms with Gasteiger partial charge in [0.1, 0.15) is 49.3 Å². The third-order valence-electron chi connectivity index (χ3n) is 6.29. The number of hydrogen-bond acceptors (Lipinski definition) is 12. The van der Waals surface area contributed by atoms with Crippen molar-refractivity contribution in [2.45, 2.75) is 106 Å². The number of aliphatic hydroxyl groups is 6. The lowest BCUT2D eigenvalue weighted by Crippen LogP contribution is -2.62. The fraction of sp³-hybridized carbons (Fsp3) is 0.950. The summed E-state index contributed by atoms with van der Waals surface area (Å²) < 4.78 is 27.9. The van der Waals surface area contributed by atoms with Crippen LogP contribution >= 0.6 is 0 Å². The maximum absolute atomic E-state index is 10.8. The molecule has 0 bridgehead atoms. The van der Waals surface area contributed by atoms with E-state index in [0.717, 1.165) is 12.8 Å². The summed E-state index contributed by atoms with van der Waals surface area (Å²) in [4.78, 5) is 10.8. The smallest absolute Gasteiger partial charge is 0.329 e. The van der Waals surface area contributed by atoms with Gasteiger partial charge in [-0.2, -0.15) is 0 Å². The van der Waals surface area contributed by atoms with Crippen molar-refractivity contribution in [3.05, 3.63) is 0 Å². The van der Waals surface area contributed by atoms with Crippen molar-refractivity contribution < 1.29 is 64.2 Å². The minimum Gasteiger partial charge on any atom is -0.480 e. The molecule has 3 fully saturated rings. The van der Waals surface area contributed by atoms with E-state index < -0.39 is 92.8 Å². The van der Waals surface area contributed by atoms with Crippen molar-refractivity contribution in [1.29, 1.82) is 0 Å². The summed E-state index contributed by atoms with van der Waals surface area (Å²) in [6.07, 6.45) is -11.9. The van der Waals surface area contributed by atoms with E-state index in [1.165, 1.54) is 6.92 Å². The zero-order chi connectivity index (χ0) is 24.3. The molecule has 1 aliphatic carbocycles. The molecule has 3 rings (SSSR count). The molecule has 192 valence electrons. The van der Waals surface area contributed by atoms with Crippen LogP contribution in [0.4, 0.5) is 0 Å². The Morgan fingerprint density at radius 2 is 1.42 bits per heavy atom. The topological polar surface area (TPSA) is 205 Å². The second kappa shape index (κ2) is 11.6. The molecule has 0 spiro atoms. The van der Waals surface area contributed by atoms with Gasteiger partial charge in [0.15, 0.2) is 12.6 Å². The van der Waals surface area contributed by atoms with Crippen LogP contribution in [0.2, 0.25) is 0 Å². The largest absolute Gasteiger partial charge is 0.480 e. The van der Waals surface area contributed by atoms with Gasteiger partial charge in [0.05, 0.1) is 24.9 Å². The van der Waals surface area contributed by atoms with E-state index in [4.69, 9.17) is 28.8 Å². The van der Waals surface area contributed by atoms with Crippen molar-refractivity contribution in [1.82, 2.24) is 0 Å². The summed E-state index contributed by atoms with van der Waals surface area (Å²) >= 11 is 0. The predicted molar refractivity (Wildman–Crippen MR) is 106 cm³/mol. The first-order valence-electron chi connectivity index (χ1n) is 11.1. The fourth-order valence-electron chi connectivity index (χ4n) is 4.37. The second-order valence-corrected chi connectivity index (χ2v) is 8.69. The molecular formula is C20H34O13. The lowest BCUT2D eigenvalue weighted by molar-refractivity contribution is -0.343. The van der Waals surface area contributed by atoms with Crippen LogP contribution in [0, 0.1) is 0 Å². The molecule has 0 amide bonds. The quantitative estimate of drug-likeness (QED) is 0.185. The Kier molecular flexibility index (Phi) is 9.39. The molecule has 33 heavy (non-hydrogen) atoms. The molecule has 2 heterocycles. The van der Waals surface area contributed by atoms with Crippen LogP contribution in [0.3, 0.4) is 0 Å². The van der Waals surface area contributed by atoms with Gasteiger partial charge in [0, 0.05) is 0 Å². The van der Waals surface area contributed by atoms with Gasteiger partial charge >= 0.3 is 5.97 Å². The Bertz CT molecular complexity index is 635. The maximum Gasteiger partial charge on any atom is 0.329 e. The number of rotatable bonds is 8. The molecule has 0 aromatic rings. The number of hydrogen-bond donors (Lipinski definition) is 7. The highest BCUT2D eigenvalue weighted by atomic mass is 16.7. The second-order valence-electron chi connectivity index (χ2n) is 8.69. The molecule has 12 atom stereocenters. The summed E-state index contributed by atoms with van der Waals surface area (Å²) in [6, 6.07) is 0. The number of carboxylic acid groups (broad SMARTS) is 1. The Morgan fingerprint density at radius 1 is 0.848 bits per heavy atom. The molecule has 3 aliphatic rings. The van der Waals surface area contributed by atoms with E-state index in [1.807, 2.05) is 0 Å². The zero-order valence-electron chi connectivity index (χ0n) is 18.3. The third-order valence-corrected chi connectivity index (χ3v) is 6.29.